The van der Waals surface area contributed by atoms with Crippen LogP contribution in [0.25, 0.3) is 0 Å². The number of β-amino-alcohol motifs (C(OH)–C–C–N with tert-alkyl or cyclic N) is 1. The molecule has 23 heavy (non-hydrogen) atoms. The SMILES string of the molecule is Cc1cc(OC[C@@H](O)CN2C[C@H](C)C[C@@H](C)C2)ccc1C(C)C. The van der Waals surface area contributed by atoms with E-state index in [1.165, 1.54) is 17.5 Å². The number of likely N-dealkylation sites (tertiary alicyclic amines) is 1. The van der Waals surface area contributed by atoms with Gasteiger partial charge < -0.3 is 14.7 Å². The van der Waals surface area contributed by atoms with Gasteiger partial charge in [-0.2, -0.15) is 0 Å². The van der Waals surface area contributed by atoms with Gasteiger partial charge in [-0.1, -0.05) is 33.8 Å². The number of piperidine rings is 1. The first-order chi connectivity index (χ1) is 10.8. The van der Waals surface area contributed by atoms with Crippen LogP contribution >= 0.6 is 0 Å². The van der Waals surface area contributed by atoms with Crippen LogP contribution in [0.4, 0.5) is 0 Å². The molecule has 0 spiro atoms. The Bertz CT molecular complexity index is 490. The van der Waals surface area contributed by atoms with Crippen LogP contribution < -0.4 is 4.74 Å². The minimum atomic E-state index is -0.433. The maximum absolute atomic E-state index is 10.3. The van der Waals surface area contributed by atoms with Gasteiger partial charge in [-0.3, -0.25) is 0 Å². The largest absolute Gasteiger partial charge is 0.491 e. The molecule has 0 bridgehead atoms. The fourth-order valence-corrected chi connectivity index (χ4v) is 3.87. The van der Waals surface area contributed by atoms with E-state index in [2.05, 4.69) is 51.7 Å². The molecule has 130 valence electrons. The Hall–Kier alpha value is -1.06. The summed E-state index contributed by atoms with van der Waals surface area (Å²) in [5.74, 6) is 2.82. The highest BCUT2D eigenvalue weighted by molar-refractivity contribution is 5.36. The van der Waals surface area contributed by atoms with Crippen LogP contribution in [0.3, 0.4) is 0 Å². The average molecular weight is 319 g/mol. The number of rotatable bonds is 6. The van der Waals surface area contributed by atoms with Gasteiger partial charge in [0.05, 0.1) is 0 Å². The van der Waals surface area contributed by atoms with E-state index < -0.39 is 6.10 Å². The van der Waals surface area contributed by atoms with Gasteiger partial charge in [-0.25, -0.2) is 0 Å². The molecule has 1 aromatic carbocycles. The highest BCUT2D eigenvalue weighted by Crippen LogP contribution is 2.24. The summed E-state index contributed by atoms with van der Waals surface area (Å²) in [6.07, 6.45) is 0.863. The molecule has 0 aromatic heterocycles. The van der Waals surface area contributed by atoms with E-state index in [1.807, 2.05) is 6.07 Å². The van der Waals surface area contributed by atoms with E-state index in [0.29, 0.717) is 19.1 Å². The van der Waals surface area contributed by atoms with Gasteiger partial charge in [0.25, 0.3) is 0 Å². The van der Waals surface area contributed by atoms with Crippen molar-refractivity contribution in [3.05, 3.63) is 29.3 Å². The maximum Gasteiger partial charge on any atom is 0.119 e. The third-order valence-corrected chi connectivity index (χ3v) is 4.72. The van der Waals surface area contributed by atoms with E-state index in [9.17, 15) is 5.11 Å². The quantitative estimate of drug-likeness (QED) is 0.865. The fourth-order valence-electron chi connectivity index (χ4n) is 3.87. The van der Waals surface area contributed by atoms with E-state index >= 15 is 0 Å². The van der Waals surface area contributed by atoms with Crippen molar-refractivity contribution in [1.82, 2.24) is 4.90 Å². The lowest BCUT2D eigenvalue weighted by Gasteiger charge is -2.35. The molecule has 3 heteroatoms. The van der Waals surface area contributed by atoms with Crippen LogP contribution in [-0.2, 0) is 0 Å². The number of hydrogen-bond acceptors (Lipinski definition) is 3. The van der Waals surface area contributed by atoms with Crippen molar-refractivity contribution in [3.8, 4) is 5.75 Å². The molecule has 1 N–H and O–H groups in total. The smallest absolute Gasteiger partial charge is 0.119 e. The Morgan fingerprint density at radius 1 is 1.22 bits per heavy atom. The van der Waals surface area contributed by atoms with Crippen molar-refractivity contribution in [2.24, 2.45) is 11.8 Å². The van der Waals surface area contributed by atoms with Crippen LogP contribution in [0, 0.1) is 18.8 Å². The van der Waals surface area contributed by atoms with Gasteiger partial charge in [0.2, 0.25) is 0 Å². The number of nitrogens with zero attached hydrogens (tertiary/aromatic N) is 1. The molecule has 2 rings (SSSR count). The van der Waals surface area contributed by atoms with Crippen LogP contribution in [0.1, 0.15) is 51.2 Å². The molecule has 1 fully saturated rings. The minimum absolute atomic E-state index is 0.361. The Kier molecular flexibility index (Phi) is 6.49. The molecule has 3 nitrogen and oxygen atoms in total. The van der Waals surface area contributed by atoms with Crippen LogP contribution in [0.5, 0.6) is 5.75 Å². The van der Waals surface area contributed by atoms with Gasteiger partial charge in [0.1, 0.15) is 18.5 Å². The predicted molar refractivity (Wildman–Crippen MR) is 96.2 cm³/mol. The summed E-state index contributed by atoms with van der Waals surface area (Å²) in [6.45, 7) is 14.4. The topological polar surface area (TPSA) is 32.7 Å². The number of aliphatic hydroxyl groups is 1. The molecule has 0 saturated carbocycles. The zero-order chi connectivity index (χ0) is 17.0. The highest BCUT2D eigenvalue weighted by Gasteiger charge is 2.23. The lowest BCUT2D eigenvalue weighted by atomic mass is 9.92. The first kappa shape index (κ1) is 18.3. The third-order valence-electron chi connectivity index (χ3n) is 4.72. The van der Waals surface area contributed by atoms with E-state index in [1.54, 1.807) is 0 Å². The molecule has 1 saturated heterocycles. The Morgan fingerprint density at radius 3 is 2.43 bits per heavy atom. The van der Waals surface area contributed by atoms with Crippen LogP contribution in [0.15, 0.2) is 18.2 Å². The Labute approximate surface area is 141 Å². The molecule has 1 aromatic rings. The molecule has 3 atom stereocenters. The summed E-state index contributed by atoms with van der Waals surface area (Å²) < 4.78 is 5.80. The van der Waals surface area contributed by atoms with Crippen molar-refractivity contribution in [2.45, 2.75) is 53.1 Å². The zero-order valence-corrected chi connectivity index (χ0v) is 15.4. The summed E-state index contributed by atoms with van der Waals surface area (Å²) in [5, 5.41) is 10.3. The second kappa shape index (κ2) is 8.16. The van der Waals surface area contributed by atoms with Gasteiger partial charge >= 0.3 is 0 Å². The van der Waals surface area contributed by atoms with Gasteiger partial charge in [0, 0.05) is 19.6 Å². The van der Waals surface area contributed by atoms with Crippen molar-refractivity contribution in [3.63, 3.8) is 0 Å². The van der Waals surface area contributed by atoms with E-state index in [4.69, 9.17) is 4.74 Å². The average Bonchev–Trinajstić information content (AvgIpc) is 2.43. The number of aryl methyl sites for hydroxylation is 1. The fraction of sp³-hybridized carbons (Fsp3) is 0.700. The first-order valence-corrected chi connectivity index (χ1v) is 8.99. The summed E-state index contributed by atoms with van der Waals surface area (Å²) >= 11 is 0. The molecule has 0 radical (unpaired) electrons. The van der Waals surface area contributed by atoms with Crippen LogP contribution in [0.2, 0.25) is 0 Å². The Balaban J connectivity index is 1.82. The summed E-state index contributed by atoms with van der Waals surface area (Å²) in [5.41, 5.74) is 2.61. The number of ether oxygens (including phenoxy) is 1. The van der Waals surface area contributed by atoms with Crippen molar-refractivity contribution in [1.29, 1.82) is 0 Å². The third kappa shape index (κ3) is 5.50. The van der Waals surface area contributed by atoms with E-state index in [0.717, 1.165) is 30.7 Å². The maximum atomic E-state index is 10.3. The number of aliphatic hydroxyl groups excluding tert-OH is 1. The highest BCUT2D eigenvalue weighted by atomic mass is 16.5. The summed E-state index contributed by atoms with van der Waals surface area (Å²) in [4.78, 5) is 2.37. The second-order valence-electron chi connectivity index (χ2n) is 7.80. The number of benzene rings is 1. The summed E-state index contributed by atoms with van der Waals surface area (Å²) in [6, 6.07) is 6.23. The lowest BCUT2D eigenvalue weighted by Crippen LogP contribution is -2.44. The molecule has 0 aliphatic carbocycles. The van der Waals surface area contributed by atoms with Crippen molar-refractivity contribution >= 4 is 0 Å². The van der Waals surface area contributed by atoms with Gasteiger partial charge in [-0.05, 0) is 54.4 Å². The second-order valence-corrected chi connectivity index (χ2v) is 7.80. The van der Waals surface area contributed by atoms with E-state index in [-0.39, 0.29) is 0 Å². The summed E-state index contributed by atoms with van der Waals surface area (Å²) in [7, 11) is 0. The van der Waals surface area contributed by atoms with Crippen molar-refractivity contribution < 1.29 is 9.84 Å². The zero-order valence-electron chi connectivity index (χ0n) is 15.4. The lowest BCUT2D eigenvalue weighted by molar-refractivity contribution is 0.0429. The molecule has 0 amide bonds. The minimum Gasteiger partial charge on any atom is -0.491 e. The molecule has 0 unspecified atom stereocenters. The van der Waals surface area contributed by atoms with Crippen LogP contribution in [-0.4, -0.2) is 42.4 Å². The molecule has 1 aliphatic heterocycles. The molecule has 1 heterocycles. The molecular formula is C20H33NO2. The standard InChI is InChI=1S/C20H33NO2/c1-14(2)20-7-6-19(9-17(20)5)23-13-18(22)12-21-10-15(3)8-16(4)11-21/h6-7,9,14-16,18,22H,8,10-13H2,1-5H3/t15-,16-,18+/m1/s1. The predicted octanol–water partition coefficient (Wildman–Crippen LogP) is 3.84. The molecule has 1 aliphatic rings. The Morgan fingerprint density at radius 2 is 1.87 bits per heavy atom. The van der Waals surface area contributed by atoms with Crippen molar-refractivity contribution in [2.75, 3.05) is 26.2 Å². The first-order valence-electron chi connectivity index (χ1n) is 8.99. The van der Waals surface area contributed by atoms with Gasteiger partial charge in [0.15, 0.2) is 0 Å². The molecular weight excluding hydrogens is 286 g/mol. The number of hydrogen-bond donors (Lipinski definition) is 1. The van der Waals surface area contributed by atoms with Gasteiger partial charge in [-0.15, -0.1) is 0 Å². The normalized spacial score (nSPS) is 24.0. The monoisotopic (exact) mass is 319 g/mol.